The maximum absolute atomic E-state index is 8.71. The Balaban J connectivity index is 3.17. The molecule has 0 aliphatic heterocycles. The largest absolute Gasteiger partial charge is 0.396 e. The lowest BCUT2D eigenvalue weighted by Crippen LogP contribution is -2.31. The smallest absolute Gasteiger partial charge is 0.0620 e. The van der Waals surface area contributed by atoms with Crippen molar-refractivity contribution in [2.75, 3.05) is 26.9 Å². The summed E-state index contributed by atoms with van der Waals surface area (Å²) >= 11 is 0. The summed E-state index contributed by atoms with van der Waals surface area (Å²) < 4.78 is 5.47. The molecule has 0 bridgehead atoms. The summed E-state index contributed by atoms with van der Waals surface area (Å²) in [5.74, 6) is 0. The lowest BCUT2D eigenvalue weighted by atomic mass is 10.2. The van der Waals surface area contributed by atoms with Crippen LogP contribution in [0.5, 0.6) is 0 Å². The van der Waals surface area contributed by atoms with Crippen LogP contribution in [0, 0.1) is 0 Å². The highest BCUT2D eigenvalue weighted by atomic mass is 16.5. The fraction of sp³-hybridized carbons (Fsp3) is 1.00. The fourth-order valence-corrected chi connectivity index (χ4v) is 1.15. The molecule has 13 heavy (non-hydrogen) atoms. The molecule has 1 atom stereocenters. The molecule has 0 saturated carbocycles. The molecule has 0 spiro atoms. The van der Waals surface area contributed by atoms with E-state index in [9.17, 15) is 0 Å². The molecular formula is C10H23NO2. The van der Waals surface area contributed by atoms with Gasteiger partial charge in [0, 0.05) is 19.3 Å². The van der Waals surface area contributed by atoms with E-state index in [1.54, 1.807) is 0 Å². The number of aliphatic hydroxyl groups excluding tert-OH is 1. The molecule has 0 radical (unpaired) electrons. The van der Waals surface area contributed by atoms with E-state index < -0.39 is 0 Å². The Bertz CT molecular complexity index is 98.9. The molecule has 0 aromatic rings. The Kier molecular flexibility index (Phi) is 9.87. The fourth-order valence-electron chi connectivity index (χ4n) is 1.15. The first-order valence-electron chi connectivity index (χ1n) is 5.21. The highest BCUT2D eigenvalue weighted by Gasteiger charge is 2.03. The third-order valence-corrected chi connectivity index (χ3v) is 2.10. The van der Waals surface area contributed by atoms with E-state index in [2.05, 4.69) is 12.2 Å². The van der Waals surface area contributed by atoms with Crippen molar-refractivity contribution in [2.24, 2.45) is 0 Å². The van der Waals surface area contributed by atoms with E-state index in [0.717, 1.165) is 19.4 Å². The monoisotopic (exact) mass is 189 g/mol. The van der Waals surface area contributed by atoms with Crippen molar-refractivity contribution in [3.63, 3.8) is 0 Å². The van der Waals surface area contributed by atoms with Crippen LogP contribution >= 0.6 is 0 Å². The average Bonchev–Trinajstić information content (AvgIpc) is 2.16. The van der Waals surface area contributed by atoms with Gasteiger partial charge in [0.2, 0.25) is 0 Å². The Morgan fingerprint density at radius 2 is 2.15 bits per heavy atom. The Morgan fingerprint density at radius 1 is 1.38 bits per heavy atom. The van der Waals surface area contributed by atoms with Crippen LogP contribution in [0.4, 0.5) is 0 Å². The molecule has 0 aromatic heterocycles. The summed E-state index contributed by atoms with van der Waals surface area (Å²) in [6.45, 7) is 3.96. The Labute approximate surface area is 81.5 Å². The van der Waals surface area contributed by atoms with Crippen LogP contribution in [-0.4, -0.2) is 38.0 Å². The van der Waals surface area contributed by atoms with E-state index in [1.807, 2.05) is 7.05 Å². The molecule has 0 fully saturated rings. The topological polar surface area (TPSA) is 41.5 Å². The zero-order valence-corrected chi connectivity index (χ0v) is 8.88. The van der Waals surface area contributed by atoms with Gasteiger partial charge in [-0.1, -0.05) is 19.8 Å². The Hall–Kier alpha value is -0.120. The molecule has 0 aliphatic rings. The second-order valence-corrected chi connectivity index (χ2v) is 3.28. The van der Waals surface area contributed by atoms with Crippen molar-refractivity contribution in [2.45, 2.75) is 38.6 Å². The van der Waals surface area contributed by atoms with Crippen LogP contribution < -0.4 is 5.32 Å². The van der Waals surface area contributed by atoms with Crippen LogP contribution in [0.2, 0.25) is 0 Å². The highest BCUT2D eigenvalue weighted by Crippen LogP contribution is 1.96. The van der Waals surface area contributed by atoms with Crippen molar-refractivity contribution >= 4 is 0 Å². The third kappa shape index (κ3) is 8.22. The standard InChI is InChI=1S/C10H23NO2/c1-3-4-5-8-13-9-10(11-2)6-7-12/h10-12H,3-9H2,1-2H3. The number of hydrogen-bond donors (Lipinski definition) is 2. The van der Waals surface area contributed by atoms with Gasteiger partial charge < -0.3 is 15.2 Å². The number of nitrogens with one attached hydrogen (secondary N) is 1. The summed E-state index contributed by atoms with van der Waals surface area (Å²) in [6.07, 6.45) is 4.38. The van der Waals surface area contributed by atoms with Gasteiger partial charge in [0.25, 0.3) is 0 Å². The molecule has 3 nitrogen and oxygen atoms in total. The van der Waals surface area contributed by atoms with E-state index in [4.69, 9.17) is 9.84 Å². The Morgan fingerprint density at radius 3 is 2.69 bits per heavy atom. The highest BCUT2D eigenvalue weighted by molar-refractivity contribution is 4.61. The number of hydrogen-bond acceptors (Lipinski definition) is 3. The molecular weight excluding hydrogens is 166 g/mol. The summed E-state index contributed by atoms with van der Waals surface area (Å²) in [4.78, 5) is 0. The first-order valence-corrected chi connectivity index (χ1v) is 5.21. The first-order chi connectivity index (χ1) is 6.35. The SMILES string of the molecule is CCCCCOCC(CCO)NC. The minimum absolute atomic E-state index is 0.226. The van der Waals surface area contributed by atoms with Gasteiger partial charge in [-0.3, -0.25) is 0 Å². The van der Waals surface area contributed by atoms with Gasteiger partial charge in [-0.15, -0.1) is 0 Å². The van der Waals surface area contributed by atoms with Gasteiger partial charge in [0.1, 0.15) is 0 Å². The van der Waals surface area contributed by atoms with Crippen molar-refractivity contribution in [3.05, 3.63) is 0 Å². The first kappa shape index (κ1) is 12.9. The molecule has 0 saturated heterocycles. The number of unbranched alkanes of at least 4 members (excludes halogenated alkanes) is 2. The zero-order chi connectivity index (χ0) is 9.94. The number of likely N-dealkylation sites (N-methyl/N-ethyl adjacent to an activating group) is 1. The van der Waals surface area contributed by atoms with Crippen molar-refractivity contribution < 1.29 is 9.84 Å². The third-order valence-electron chi connectivity index (χ3n) is 2.10. The van der Waals surface area contributed by atoms with Crippen LogP contribution in [0.15, 0.2) is 0 Å². The molecule has 0 aliphatic carbocycles. The molecule has 3 heteroatoms. The van der Waals surface area contributed by atoms with Crippen molar-refractivity contribution in [1.29, 1.82) is 0 Å². The zero-order valence-electron chi connectivity index (χ0n) is 8.88. The van der Waals surface area contributed by atoms with Gasteiger partial charge in [-0.25, -0.2) is 0 Å². The second-order valence-electron chi connectivity index (χ2n) is 3.28. The van der Waals surface area contributed by atoms with Gasteiger partial charge in [-0.2, -0.15) is 0 Å². The molecule has 0 rings (SSSR count). The van der Waals surface area contributed by atoms with Crippen LogP contribution in [0.1, 0.15) is 32.6 Å². The summed E-state index contributed by atoms with van der Waals surface area (Å²) in [5, 5.41) is 11.8. The molecule has 2 N–H and O–H groups in total. The molecule has 80 valence electrons. The normalized spacial score (nSPS) is 13.2. The average molecular weight is 189 g/mol. The van der Waals surface area contributed by atoms with Crippen LogP contribution in [0.3, 0.4) is 0 Å². The lowest BCUT2D eigenvalue weighted by molar-refractivity contribution is 0.101. The summed E-state index contributed by atoms with van der Waals surface area (Å²) in [7, 11) is 1.90. The van der Waals surface area contributed by atoms with Crippen molar-refractivity contribution in [3.8, 4) is 0 Å². The second kappa shape index (κ2) is 9.96. The summed E-state index contributed by atoms with van der Waals surface area (Å²) in [6, 6.07) is 0.298. The van der Waals surface area contributed by atoms with Gasteiger partial charge in [0.15, 0.2) is 0 Å². The predicted octanol–water partition coefficient (Wildman–Crippen LogP) is 1.16. The maximum Gasteiger partial charge on any atom is 0.0620 e. The molecule has 1 unspecified atom stereocenters. The minimum atomic E-state index is 0.226. The van der Waals surface area contributed by atoms with Crippen LogP contribution in [-0.2, 0) is 4.74 Å². The number of aliphatic hydroxyl groups is 1. The van der Waals surface area contributed by atoms with E-state index in [-0.39, 0.29) is 6.61 Å². The molecule has 0 amide bonds. The van der Waals surface area contributed by atoms with E-state index in [1.165, 1.54) is 12.8 Å². The quantitative estimate of drug-likeness (QED) is 0.535. The molecule has 0 aromatic carbocycles. The van der Waals surface area contributed by atoms with Crippen molar-refractivity contribution in [1.82, 2.24) is 5.32 Å². The predicted molar refractivity (Wildman–Crippen MR) is 54.9 cm³/mol. The van der Waals surface area contributed by atoms with Gasteiger partial charge >= 0.3 is 0 Å². The van der Waals surface area contributed by atoms with E-state index >= 15 is 0 Å². The number of rotatable bonds is 9. The maximum atomic E-state index is 8.71. The summed E-state index contributed by atoms with van der Waals surface area (Å²) in [5.41, 5.74) is 0. The lowest BCUT2D eigenvalue weighted by Gasteiger charge is -2.14. The number of ether oxygens (including phenoxy) is 1. The van der Waals surface area contributed by atoms with Gasteiger partial charge in [0.05, 0.1) is 6.61 Å². The van der Waals surface area contributed by atoms with Crippen LogP contribution in [0.25, 0.3) is 0 Å². The minimum Gasteiger partial charge on any atom is -0.396 e. The van der Waals surface area contributed by atoms with E-state index in [0.29, 0.717) is 12.6 Å². The molecule has 0 heterocycles. The van der Waals surface area contributed by atoms with Gasteiger partial charge in [-0.05, 0) is 19.9 Å².